The molecule has 1 aliphatic heterocycles. The highest BCUT2D eigenvalue weighted by molar-refractivity contribution is 6.04. The second-order valence-corrected chi connectivity index (χ2v) is 8.61. The van der Waals surface area contributed by atoms with Gasteiger partial charge >= 0.3 is 0 Å². The van der Waals surface area contributed by atoms with E-state index in [1.54, 1.807) is 0 Å². The standard InChI is InChI=1S/C27H26O3/c1-2-21-26-22(28)13-19(17-9-5-3-6-10-17)15-24(26)30-25-16-20(14-23(29)27(21)25)18-11-7-4-8-12-18/h3-12,19-21H,2,13-16H2,1H3. The Balaban J connectivity index is 1.48. The molecule has 0 saturated carbocycles. The minimum absolute atomic E-state index is 0.114. The number of Topliss-reactive ketones (excluding diaryl/α,β-unsaturated/α-hetero) is 2. The summed E-state index contributed by atoms with van der Waals surface area (Å²) < 4.78 is 6.39. The van der Waals surface area contributed by atoms with Crippen molar-refractivity contribution < 1.29 is 14.3 Å². The molecule has 2 atom stereocenters. The van der Waals surface area contributed by atoms with Gasteiger partial charge in [0.05, 0.1) is 0 Å². The topological polar surface area (TPSA) is 43.4 Å². The molecular formula is C27H26O3. The fourth-order valence-electron chi connectivity index (χ4n) is 5.38. The molecule has 2 unspecified atom stereocenters. The Kier molecular flexibility index (Phi) is 4.90. The van der Waals surface area contributed by atoms with Gasteiger partial charge in [0.1, 0.15) is 11.5 Å². The van der Waals surface area contributed by atoms with Crippen molar-refractivity contribution >= 4 is 11.6 Å². The average molecular weight is 399 g/mol. The lowest BCUT2D eigenvalue weighted by atomic mass is 9.70. The number of hydrogen-bond donors (Lipinski definition) is 0. The van der Waals surface area contributed by atoms with Crippen molar-refractivity contribution in [2.45, 2.75) is 50.9 Å². The fraction of sp³-hybridized carbons (Fsp3) is 0.333. The number of rotatable bonds is 3. The molecule has 0 radical (unpaired) electrons. The van der Waals surface area contributed by atoms with Crippen molar-refractivity contribution in [1.29, 1.82) is 0 Å². The van der Waals surface area contributed by atoms with Gasteiger partial charge in [-0.2, -0.15) is 0 Å². The third-order valence-corrected chi connectivity index (χ3v) is 6.82. The molecular weight excluding hydrogens is 372 g/mol. The predicted octanol–water partition coefficient (Wildman–Crippen LogP) is 5.84. The van der Waals surface area contributed by atoms with E-state index in [1.165, 1.54) is 11.1 Å². The Bertz CT molecular complexity index is 963. The average Bonchev–Trinajstić information content (AvgIpc) is 2.78. The van der Waals surface area contributed by atoms with Crippen molar-refractivity contribution in [2.24, 2.45) is 5.92 Å². The number of ether oxygens (including phenoxy) is 1. The molecule has 3 aliphatic rings. The van der Waals surface area contributed by atoms with Crippen molar-refractivity contribution in [2.75, 3.05) is 0 Å². The third-order valence-electron chi connectivity index (χ3n) is 6.82. The molecule has 1 heterocycles. The van der Waals surface area contributed by atoms with Gasteiger partial charge in [0, 0.05) is 42.7 Å². The Morgan fingerprint density at radius 2 is 1.13 bits per heavy atom. The van der Waals surface area contributed by atoms with E-state index in [9.17, 15) is 9.59 Å². The van der Waals surface area contributed by atoms with E-state index in [1.807, 2.05) is 36.4 Å². The van der Waals surface area contributed by atoms with E-state index >= 15 is 0 Å². The SMILES string of the molecule is CCC1C2=C(CC(c3ccccc3)CC2=O)OC2=C1C(=O)CC(c1ccccc1)C2. The summed E-state index contributed by atoms with van der Waals surface area (Å²) in [6.45, 7) is 2.07. The van der Waals surface area contributed by atoms with Crippen LogP contribution in [0.2, 0.25) is 0 Å². The van der Waals surface area contributed by atoms with E-state index in [4.69, 9.17) is 4.74 Å². The van der Waals surface area contributed by atoms with Crippen LogP contribution in [0.3, 0.4) is 0 Å². The Morgan fingerprint density at radius 1 is 0.700 bits per heavy atom. The highest BCUT2D eigenvalue weighted by Gasteiger charge is 2.43. The fourth-order valence-corrected chi connectivity index (χ4v) is 5.38. The van der Waals surface area contributed by atoms with Crippen LogP contribution in [-0.2, 0) is 14.3 Å². The summed E-state index contributed by atoms with van der Waals surface area (Å²) in [5.41, 5.74) is 3.87. The number of benzene rings is 2. The molecule has 0 N–H and O–H groups in total. The van der Waals surface area contributed by atoms with Gasteiger partial charge in [0.15, 0.2) is 11.6 Å². The normalized spacial score (nSPS) is 26.2. The lowest BCUT2D eigenvalue weighted by Crippen LogP contribution is -2.34. The molecule has 0 aromatic heterocycles. The highest BCUT2D eigenvalue weighted by atomic mass is 16.5. The molecule has 152 valence electrons. The molecule has 3 nitrogen and oxygen atoms in total. The summed E-state index contributed by atoms with van der Waals surface area (Å²) in [5.74, 6) is 2.04. The number of ketones is 2. The van der Waals surface area contributed by atoms with Crippen LogP contribution in [0.4, 0.5) is 0 Å². The van der Waals surface area contributed by atoms with E-state index in [2.05, 4.69) is 31.2 Å². The first-order valence-electron chi connectivity index (χ1n) is 11.0. The van der Waals surface area contributed by atoms with E-state index < -0.39 is 0 Å². The maximum Gasteiger partial charge on any atom is 0.163 e. The lowest BCUT2D eigenvalue weighted by Gasteiger charge is -2.39. The summed E-state index contributed by atoms with van der Waals surface area (Å²) in [6.07, 6.45) is 3.19. The predicted molar refractivity (Wildman–Crippen MR) is 116 cm³/mol. The number of carbonyl (C=O) groups excluding carboxylic acids is 2. The van der Waals surface area contributed by atoms with Crippen molar-refractivity contribution in [3.63, 3.8) is 0 Å². The molecule has 2 aromatic carbocycles. The number of carbonyl (C=O) groups is 2. The molecule has 3 heteroatoms. The summed E-state index contributed by atoms with van der Waals surface area (Å²) >= 11 is 0. The molecule has 0 amide bonds. The van der Waals surface area contributed by atoms with Gasteiger partial charge in [0.2, 0.25) is 0 Å². The maximum absolute atomic E-state index is 13.2. The van der Waals surface area contributed by atoms with Gasteiger partial charge in [0.25, 0.3) is 0 Å². The molecule has 2 aromatic rings. The van der Waals surface area contributed by atoms with Crippen LogP contribution in [0.15, 0.2) is 83.3 Å². The van der Waals surface area contributed by atoms with Gasteiger partial charge in [-0.3, -0.25) is 9.59 Å². The lowest BCUT2D eigenvalue weighted by molar-refractivity contribution is -0.118. The van der Waals surface area contributed by atoms with Crippen LogP contribution < -0.4 is 0 Å². The largest absolute Gasteiger partial charge is 0.465 e. The highest BCUT2D eigenvalue weighted by Crippen LogP contribution is 2.49. The van der Waals surface area contributed by atoms with Crippen LogP contribution in [0.5, 0.6) is 0 Å². The summed E-state index contributed by atoms with van der Waals surface area (Å²) in [4.78, 5) is 26.4. The second-order valence-electron chi connectivity index (χ2n) is 8.61. The van der Waals surface area contributed by atoms with Gasteiger partial charge in [-0.1, -0.05) is 67.6 Å². The number of allylic oxidation sites excluding steroid dienone is 4. The quantitative estimate of drug-likeness (QED) is 0.652. The molecule has 0 bridgehead atoms. The first-order chi connectivity index (χ1) is 14.7. The first kappa shape index (κ1) is 19.0. The summed E-state index contributed by atoms with van der Waals surface area (Å²) in [6, 6.07) is 20.4. The zero-order chi connectivity index (χ0) is 20.7. The molecule has 0 spiro atoms. The monoisotopic (exact) mass is 398 g/mol. The first-order valence-corrected chi connectivity index (χ1v) is 11.0. The smallest absolute Gasteiger partial charge is 0.163 e. The van der Waals surface area contributed by atoms with Crippen LogP contribution >= 0.6 is 0 Å². The van der Waals surface area contributed by atoms with Crippen molar-refractivity contribution in [3.8, 4) is 0 Å². The Labute approximate surface area is 177 Å². The minimum atomic E-state index is -0.114. The molecule has 2 aliphatic carbocycles. The van der Waals surface area contributed by atoms with Crippen molar-refractivity contribution in [3.05, 3.63) is 94.5 Å². The van der Waals surface area contributed by atoms with Gasteiger partial charge in [-0.05, 0) is 29.4 Å². The van der Waals surface area contributed by atoms with E-state index in [0.29, 0.717) is 12.8 Å². The number of hydrogen-bond acceptors (Lipinski definition) is 3. The van der Waals surface area contributed by atoms with Gasteiger partial charge < -0.3 is 4.74 Å². The van der Waals surface area contributed by atoms with Crippen LogP contribution in [0.1, 0.15) is 62.0 Å². The van der Waals surface area contributed by atoms with Crippen LogP contribution in [-0.4, -0.2) is 11.6 Å². The molecule has 30 heavy (non-hydrogen) atoms. The zero-order valence-electron chi connectivity index (χ0n) is 17.3. The molecule has 5 rings (SSSR count). The Hall–Kier alpha value is -2.94. The van der Waals surface area contributed by atoms with Crippen LogP contribution in [0, 0.1) is 5.92 Å². The minimum Gasteiger partial charge on any atom is -0.465 e. The summed E-state index contributed by atoms with van der Waals surface area (Å²) in [7, 11) is 0. The maximum atomic E-state index is 13.2. The van der Waals surface area contributed by atoms with E-state index in [-0.39, 0.29) is 29.3 Å². The molecule has 0 fully saturated rings. The third kappa shape index (κ3) is 3.23. The molecule has 0 saturated heterocycles. The summed E-state index contributed by atoms with van der Waals surface area (Å²) in [5, 5.41) is 0. The Morgan fingerprint density at radius 3 is 1.53 bits per heavy atom. The van der Waals surface area contributed by atoms with Crippen LogP contribution in [0.25, 0.3) is 0 Å². The van der Waals surface area contributed by atoms with Gasteiger partial charge in [-0.15, -0.1) is 0 Å². The van der Waals surface area contributed by atoms with Gasteiger partial charge in [-0.25, -0.2) is 0 Å². The zero-order valence-corrected chi connectivity index (χ0v) is 17.3. The van der Waals surface area contributed by atoms with E-state index in [0.717, 1.165) is 41.9 Å². The van der Waals surface area contributed by atoms with Crippen molar-refractivity contribution in [1.82, 2.24) is 0 Å². The second kappa shape index (κ2) is 7.71.